The van der Waals surface area contributed by atoms with Gasteiger partial charge in [0.2, 0.25) is 0 Å². The van der Waals surface area contributed by atoms with E-state index in [1.54, 1.807) is 0 Å². The number of hydrogen-bond acceptors (Lipinski definition) is 3. The number of nitrogens with zero attached hydrogens (tertiary/aromatic N) is 2. The molecule has 1 N–H and O–H groups in total. The van der Waals surface area contributed by atoms with E-state index in [0.29, 0.717) is 12.1 Å². The standard InChI is InChI=1S/C16H33N3/c1-4-17-14(2)15(3)19-11-7-16(8-12-19)13-18-9-5-6-10-18/h14-17H,4-13H2,1-3H3. The molecule has 2 rings (SSSR count). The summed E-state index contributed by atoms with van der Waals surface area (Å²) < 4.78 is 0. The molecule has 2 heterocycles. The average Bonchev–Trinajstić information content (AvgIpc) is 2.92. The van der Waals surface area contributed by atoms with E-state index in [2.05, 4.69) is 35.9 Å². The van der Waals surface area contributed by atoms with Crippen LogP contribution in [-0.4, -0.2) is 61.2 Å². The van der Waals surface area contributed by atoms with E-state index in [4.69, 9.17) is 0 Å². The molecule has 0 spiro atoms. The minimum absolute atomic E-state index is 0.611. The number of nitrogens with one attached hydrogen (secondary N) is 1. The van der Waals surface area contributed by atoms with Crippen molar-refractivity contribution in [3.8, 4) is 0 Å². The molecule has 2 atom stereocenters. The fraction of sp³-hybridized carbons (Fsp3) is 1.00. The second kappa shape index (κ2) is 7.61. The molecule has 0 aliphatic carbocycles. The zero-order valence-corrected chi connectivity index (χ0v) is 13.2. The van der Waals surface area contributed by atoms with E-state index in [1.807, 2.05) is 0 Å². The van der Waals surface area contributed by atoms with Crippen molar-refractivity contribution in [2.24, 2.45) is 5.92 Å². The molecule has 0 amide bonds. The Morgan fingerprint density at radius 3 is 2.26 bits per heavy atom. The lowest BCUT2D eigenvalue weighted by atomic mass is 9.94. The highest BCUT2D eigenvalue weighted by molar-refractivity contribution is 4.83. The predicted molar refractivity (Wildman–Crippen MR) is 82.6 cm³/mol. The highest BCUT2D eigenvalue weighted by Crippen LogP contribution is 2.22. The van der Waals surface area contributed by atoms with E-state index in [0.717, 1.165) is 12.5 Å². The molecule has 3 heteroatoms. The van der Waals surface area contributed by atoms with Gasteiger partial charge in [0.25, 0.3) is 0 Å². The summed E-state index contributed by atoms with van der Waals surface area (Å²) in [7, 11) is 0. The van der Waals surface area contributed by atoms with Crippen LogP contribution in [0, 0.1) is 5.92 Å². The third-order valence-electron chi connectivity index (χ3n) is 5.19. The van der Waals surface area contributed by atoms with Crippen molar-refractivity contribution in [2.75, 3.05) is 39.3 Å². The van der Waals surface area contributed by atoms with Gasteiger partial charge in [-0.05, 0) is 78.2 Å². The molecule has 2 unspecified atom stereocenters. The fourth-order valence-corrected chi connectivity index (χ4v) is 3.68. The van der Waals surface area contributed by atoms with Crippen LogP contribution in [0.4, 0.5) is 0 Å². The third kappa shape index (κ3) is 4.44. The zero-order valence-electron chi connectivity index (χ0n) is 13.2. The SMILES string of the molecule is CCNC(C)C(C)N1CCC(CN2CCCC2)CC1. The molecule has 0 radical (unpaired) electrons. The Morgan fingerprint density at radius 1 is 1.05 bits per heavy atom. The Balaban J connectivity index is 1.69. The normalized spacial score (nSPS) is 26.7. The summed E-state index contributed by atoms with van der Waals surface area (Å²) in [5.41, 5.74) is 0. The van der Waals surface area contributed by atoms with Gasteiger partial charge in [0, 0.05) is 18.6 Å². The van der Waals surface area contributed by atoms with Crippen LogP contribution in [0.1, 0.15) is 46.5 Å². The molecule has 3 nitrogen and oxygen atoms in total. The number of likely N-dealkylation sites (N-methyl/N-ethyl adjacent to an activating group) is 1. The number of piperidine rings is 1. The number of rotatable bonds is 6. The van der Waals surface area contributed by atoms with Crippen molar-refractivity contribution >= 4 is 0 Å². The molecular formula is C16H33N3. The van der Waals surface area contributed by atoms with Gasteiger partial charge < -0.3 is 10.2 Å². The largest absolute Gasteiger partial charge is 0.313 e. The van der Waals surface area contributed by atoms with Crippen molar-refractivity contribution in [1.29, 1.82) is 0 Å². The first kappa shape index (κ1) is 15.3. The zero-order chi connectivity index (χ0) is 13.7. The fourth-order valence-electron chi connectivity index (χ4n) is 3.68. The minimum Gasteiger partial charge on any atom is -0.313 e. The first-order valence-corrected chi connectivity index (χ1v) is 8.40. The monoisotopic (exact) mass is 267 g/mol. The van der Waals surface area contributed by atoms with Gasteiger partial charge in [-0.2, -0.15) is 0 Å². The lowest BCUT2D eigenvalue weighted by Gasteiger charge is -2.39. The van der Waals surface area contributed by atoms with E-state index >= 15 is 0 Å². The summed E-state index contributed by atoms with van der Waals surface area (Å²) in [6.07, 6.45) is 5.66. The lowest BCUT2D eigenvalue weighted by Crippen LogP contribution is -2.50. The number of hydrogen-bond donors (Lipinski definition) is 1. The topological polar surface area (TPSA) is 18.5 Å². The molecule has 2 fully saturated rings. The molecule has 19 heavy (non-hydrogen) atoms. The van der Waals surface area contributed by atoms with Crippen LogP contribution in [0.25, 0.3) is 0 Å². The molecular weight excluding hydrogens is 234 g/mol. The van der Waals surface area contributed by atoms with Gasteiger partial charge in [-0.1, -0.05) is 6.92 Å². The molecule has 0 aromatic rings. The molecule has 112 valence electrons. The van der Waals surface area contributed by atoms with E-state index in [1.165, 1.54) is 58.4 Å². The molecule has 0 aromatic heterocycles. The Morgan fingerprint density at radius 2 is 1.68 bits per heavy atom. The highest BCUT2D eigenvalue weighted by Gasteiger charge is 2.26. The van der Waals surface area contributed by atoms with Gasteiger partial charge in [0.15, 0.2) is 0 Å². The van der Waals surface area contributed by atoms with Crippen molar-refractivity contribution in [3.63, 3.8) is 0 Å². The third-order valence-corrected chi connectivity index (χ3v) is 5.19. The van der Waals surface area contributed by atoms with Crippen LogP contribution < -0.4 is 5.32 Å². The summed E-state index contributed by atoms with van der Waals surface area (Å²) >= 11 is 0. The maximum Gasteiger partial charge on any atom is 0.0218 e. The van der Waals surface area contributed by atoms with Gasteiger partial charge in [-0.25, -0.2) is 0 Å². The molecule has 0 saturated carbocycles. The van der Waals surface area contributed by atoms with Crippen LogP contribution in [0.15, 0.2) is 0 Å². The quantitative estimate of drug-likeness (QED) is 0.796. The van der Waals surface area contributed by atoms with Crippen LogP contribution in [0.2, 0.25) is 0 Å². The number of likely N-dealkylation sites (tertiary alicyclic amines) is 2. The van der Waals surface area contributed by atoms with Gasteiger partial charge in [0.05, 0.1) is 0 Å². The average molecular weight is 267 g/mol. The first-order valence-electron chi connectivity index (χ1n) is 8.40. The first-order chi connectivity index (χ1) is 9.20. The molecule has 0 aromatic carbocycles. The maximum absolute atomic E-state index is 3.56. The van der Waals surface area contributed by atoms with Crippen LogP contribution in [-0.2, 0) is 0 Å². The Hall–Kier alpha value is -0.120. The van der Waals surface area contributed by atoms with Crippen molar-refractivity contribution in [3.05, 3.63) is 0 Å². The van der Waals surface area contributed by atoms with E-state index in [-0.39, 0.29) is 0 Å². The molecule has 0 bridgehead atoms. The molecule has 2 aliphatic rings. The van der Waals surface area contributed by atoms with Crippen LogP contribution in [0.3, 0.4) is 0 Å². The predicted octanol–water partition coefficient (Wildman–Crippen LogP) is 2.18. The highest BCUT2D eigenvalue weighted by atomic mass is 15.2. The van der Waals surface area contributed by atoms with Crippen LogP contribution in [0.5, 0.6) is 0 Å². The Bertz CT molecular complexity index is 242. The lowest BCUT2D eigenvalue weighted by molar-refractivity contribution is 0.106. The summed E-state index contributed by atoms with van der Waals surface area (Å²) in [6.45, 7) is 14.7. The molecule has 2 aliphatic heterocycles. The smallest absolute Gasteiger partial charge is 0.0218 e. The van der Waals surface area contributed by atoms with Crippen molar-refractivity contribution < 1.29 is 0 Å². The van der Waals surface area contributed by atoms with Crippen LogP contribution >= 0.6 is 0 Å². The minimum atomic E-state index is 0.611. The van der Waals surface area contributed by atoms with Gasteiger partial charge >= 0.3 is 0 Å². The second-order valence-corrected chi connectivity index (χ2v) is 6.57. The summed E-state index contributed by atoms with van der Waals surface area (Å²) in [5, 5.41) is 3.56. The van der Waals surface area contributed by atoms with Crippen molar-refractivity contribution in [1.82, 2.24) is 15.1 Å². The van der Waals surface area contributed by atoms with E-state index < -0.39 is 0 Å². The Kier molecular flexibility index (Phi) is 6.11. The maximum atomic E-state index is 3.56. The summed E-state index contributed by atoms with van der Waals surface area (Å²) in [6, 6.07) is 1.29. The Labute approximate surface area is 119 Å². The van der Waals surface area contributed by atoms with Crippen molar-refractivity contribution in [2.45, 2.75) is 58.5 Å². The van der Waals surface area contributed by atoms with Gasteiger partial charge in [-0.3, -0.25) is 4.90 Å². The summed E-state index contributed by atoms with van der Waals surface area (Å²) in [4.78, 5) is 5.37. The van der Waals surface area contributed by atoms with Gasteiger partial charge in [0.1, 0.15) is 0 Å². The molecule has 2 saturated heterocycles. The summed E-state index contributed by atoms with van der Waals surface area (Å²) in [5.74, 6) is 0.955. The van der Waals surface area contributed by atoms with Gasteiger partial charge in [-0.15, -0.1) is 0 Å². The second-order valence-electron chi connectivity index (χ2n) is 6.57. The van der Waals surface area contributed by atoms with E-state index in [9.17, 15) is 0 Å².